The van der Waals surface area contributed by atoms with Gasteiger partial charge in [0, 0.05) is 12.1 Å². The Morgan fingerprint density at radius 3 is 2.15 bits per heavy atom. The summed E-state index contributed by atoms with van der Waals surface area (Å²) >= 11 is 5.95. The molecule has 11 heteroatoms. The Hall–Kier alpha value is -3.50. The average Bonchev–Trinajstić information content (AvgIpc) is 2.87. The number of anilines is 1. The van der Waals surface area contributed by atoms with Gasteiger partial charge in [0.25, 0.3) is 10.0 Å². The minimum Gasteiger partial charge on any atom is -0.350 e. The van der Waals surface area contributed by atoms with Gasteiger partial charge < -0.3 is 10.2 Å². The van der Waals surface area contributed by atoms with E-state index in [0.717, 1.165) is 16.4 Å². The Bertz CT molecular complexity index is 1430. The Balaban J connectivity index is 2.04. The van der Waals surface area contributed by atoms with Crippen molar-refractivity contribution in [3.05, 3.63) is 95.0 Å². The standard InChI is InChI=1S/C28H30ClF2N3O4S/c1-19(27(36)32-28(2,3)4)33(17-20-10-12-21(30)13-11-20)26(35)18-34(22-14-15-25(31)24(29)16-22)39(37,38)23-8-6-5-7-9-23/h5-16,19H,17-18H2,1-4H3,(H,32,36). The van der Waals surface area contributed by atoms with Gasteiger partial charge in [0.1, 0.15) is 24.2 Å². The zero-order valence-electron chi connectivity index (χ0n) is 22.0. The molecule has 0 spiro atoms. The molecular weight excluding hydrogens is 548 g/mol. The number of nitrogens with zero attached hydrogens (tertiary/aromatic N) is 2. The number of amides is 2. The predicted molar refractivity (Wildman–Crippen MR) is 147 cm³/mol. The van der Waals surface area contributed by atoms with Crippen LogP contribution in [0.5, 0.6) is 0 Å². The number of hydrogen-bond donors (Lipinski definition) is 1. The molecule has 1 unspecified atom stereocenters. The summed E-state index contributed by atoms with van der Waals surface area (Å²) in [6.07, 6.45) is 0. The number of sulfonamides is 1. The molecule has 1 atom stereocenters. The molecule has 0 saturated heterocycles. The van der Waals surface area contributed by atoms with Gasteiger partial charge in [0.2, 0.25) is 11.8 Å². The second-order valence-electron chi connectivity index (χ2n) is 9.99. The van der Waals surface area contributed by atoms with Crippen molar-refractivity contribution in [2.45, 2.75) is 50.7 Å². The molecule has 0 aliphatic heterocycles. The topological polar surface area (TPSA) is 86.8 Å². The molecule has 39 heavy (non-hydrogen) atoms. The lowest BCUT2D eigenvalue weighted by Gasteiger charge is -2.33. The molecule has 3 aromatic carbocycles. The normalized spacial score (nSPS) is 12.5. The van der Waals surface area contributed by atoms with Crippen molar-refractivity contribution in [2.75, 3.05) is 10.8 Å². The van der Waals surface area contributed by atoms with Crippen LogP contribution in [0.15, 0.2) is 77.7 Å². The summed E-state index contributed by atoms with van der Waals surface area (Å²) in [5.74, 6) is -2.39. The lowest BCUT2D eigenvalue weighted by molar-refractivity contribution is -0.140. The van der Waals surface area contributed by atoms with Crippen LogP contribution in [0.4, 0.5) is 14.5 Å². The van der Waals surface area contributed by atoms with E-state index in [1.54, 1.807) is 26.8 Å². The fourth-order valence-corrected chi connectivity index (χ4v) is 5.33. The fourth-order valence-electron chi connectivity index (χ4n) is 3.73. The highest BCUT2D eigenvalue weighted by atomic mass is 35.5. The van der Waals surface area contributed by atoms with Crippen molar-refractivity contribution in [1.29, 1.82) is 0 Å². The zero-order chi connectivity index (χ0) is 29.0. The highest BCUT2D eigenvalue weighted by Crippen LogP contribution is 2.28. The monoisotopic (exact) mass is 577 g/mol. The second kappa shape index (κ2) is 12.1. The van der Waals surface area contributed by atoms with E-state index in [1.165, 1.54) is 66.4 Å². The van der Waals surface area contributed by atoms with Crippen LogP contribution in [0.3, 0.4) is 0 Å². The number of benzene rings is 3. The molecule has 0 fully saturated rings. The molecule has 0 saturated carbocycles. The Morgan fingerprint density at radius 1 is 0.974 bits per heavy atom. The minimum atomic E-state index is -4.31. The van der Waals surface area contributed by atoms with Crippen LogP contribution in [-0.2, 0) is 26.2 Å². The van der Waals surface area contributed by atoms with Gasteiger partial charge in [-0.3, -0.25) is 13.9 Å². The number of nitrogens with one attached hydrogen (secondary N) is 1. The molecule has 3 aromatic rings. The molecular formula is C28H30ClF2N3O4S. The van der Waals surface area contributed by atoms with E-state index in [2.05, 4.69) is 5.32 Å². The molecule has 0 aliphatic rings. The number of carbonyl (C=O) groups excluding carboxylic acids is 2. The molecule has 2 amide bonds. The molecule has 0 aromatic heterocycles. The van der Waals surface area contributed by atoms with Crippen LogP contribution >= 0.6 is 11.6 Å². The first-order chi connectivity index (χ1) is 18.2. The maximum absolute atomic E-state index is 13.9. The summed E-state index contributed by atoms with van der Waals surface area (Å²) < 4.78 is 55.6. The van der Waals surface area contributed by atoms with Crippen LogP contribution < -0.4 is 9.62 Å². The van der Waals surface area contributed by atoms with Crippen molar-refractivity contribution in [3.8, 4) is 0 Å². The SMILES string of the molecule is CC(C(=O)NC(C)(C)C)N(Cc1ccc(F)cc1)C(=O)CN(c1ccc(F)c(Cl)c1)S(=O)(=O)c1ccccc1. The van der Waals surface area contributed by atoms with Crippen LogP contribution in [0, 0.1) is 11.6 Å². The lowest BCUT2D eigenvalue weighted by atomic mass is 10.1. The lowest BCUT2D eigenvalue weighted by Crippen LogP contribution is -2.54. The van der Waals surface area contributed by atoms with Gasteiger partial charge in [-0.25, -0.2) is 17.2 Å². The summed E-state index contributed by atoms with van der Waals surface area (Å²) in [4.78, 5) is 28.0. The maximum atomic E-state index is 13.9. The van der Waals surface area contributed by atoms with Gasteiger partial charge in [-0.1, -0.05) is 41.9 Å². The number of hydrogen-bond acceptors (Lipinski definition) is 4. The van der Waals surface area contributed by atoms with Crippen molar-refractivity contribution in [2.24, 2.45) is 0 Å². The predicted octanol–water partition coefficient (Wildman–Crippen LogP) is 5.15. The molecule has 0 radical (unpaired) electrons. The van der Waals surface area contributed by atoms with Gasteiger partial charge in [-0.2, -0.15) is 0 Å². The summed E-state index contributed by atoms with van der Waals surface area (Å²) in [5, 5.41) is 2.50. The quantitative estimate of drug-likeness (QED) is 0.381. The molecule has 0 heterocycles. The van der Waals surface area contributed by atoms with Gasteiger partial charge in [0.05, 0.1) is 15.6 Å². The van der Waals surface area contributed by atoms with Gasteiger partial charge in [-0.15, -0.1) is 0 Å². The van der Waals surface area contributed by atoms with E-state index < -0.39 is 51.6 Å². The highest BCUT2D eigenvalue weighted by molar-refractivity contribution is 7.92. The Labute approximate surface area is 232 Å². The van der Waals surface area contributed by atoms with Crippen LogP contribution in [0.1, 0.15) is 33.3 Å². The second-order valence-corrected chi connectivity index (χ2v) is 12.3. The first kappa shape index (κ1) is 30.0. The number of rotatable bonds is 9. The molecule has 0 bridgehead atoms. The number of halogens is 3. The van der Waals surface area contributed by atoms with Crippen LogP contribution in [0.2, 0.25) is 5.02 Å². The molecule has 0 aliphatic carbocycles. The number of carbonyl (C=O) groups is 2. The van der Waals surface area contributed by atoms with E-state index in [0.29, 0.717) is 5.56 Å². The zero-order valence-corrected chi connectivity index (χ0v) is 23.6. The maximum Gasteiger partial charge on any atom is 0.264 e. The van der Waals surface area contributed by atoms with Gasteiger partial charge >= 0.3 is 0 Å². The smallest absolute Gasteiger partial charge is 0.264 e. The van der Waals surface area contributed by atoms with Crippen molar-refractivity contribution in [1.82, 2.24) is 10.2 Å². The first-order valence-corrected chi connectivity index (χ1v) is 13.9. The van der Waals surface area contributed by atoms with E-state index in [-0.39, 0.29) is 22.2 Å². The van der Waals surface area contributed by atoms with Gasteiger partial charge in [-0.05, 0) is 75.7 Å². The third kappa shape index (κ3) is 7.77. The third-order valence-corrected chi connectivity index (χ3v) is 7.81. The first-order valence-electron chi connectivity index (χ1n) is 12.1. The van der Waals surface area contributed by atoms with Crippen LogP contribution in [0.25, 0.3) is 0 Å². The summed E-state index contributed by atoms with van der Waals surface area (Å²) in [6.45, 7) is 6.07. The third-order valence-electron chi connectivity index (χ3n) is 5.73. The summed E-state index contributed by atoms with van der Waals surface area (Å²) in [6, 6.07) is 15.2. The van der Waals surface area contributed by atoms with E-state index in [9.17, 15) is 26.8 Å². The van der Waals surface area contributed by atoms with E-state index in [4.69, 9.17) is 11.6 Å². The van der Waals surface area contributed by atoms with Crippen molar-refractivity contribution >= 4 is 39.1 Å². The Morgan fingerprint density at radius 2 is 1.59 bits per heavy atom. The van der Waals surface area contributed by atoms with E-state index in [1.807, 2.05) is 0 Å². The Kier molecular flexibility index (Phi) is 9.34. The van der Waals surface area contributed by atoms with Gasteiger partial charge in [0.15, 0.2) is 0 Å². The highest BCUT2D eigenvalue weighted by Gasteiger charge is 2.33. The minimum absolute atomic E-state index is 0.0351. The molecule has 208 valence electrons. The molecule has 1 N–H and O–H groups in total. The fraction of sp³-hybridized carbons (Fsp3) is 0.286. The molecule has 3 rings (SSSR count). The average molecular weight is 578 g/mol. The summed E-state index contributed by atoms with van der Waals surface area (Å²) in [7, 11) is -4.31. The van der Waals surface area contributed by atoms with Crippen LogP contribution in [-0.4, -0.2) is 43.3 Å². The van der Waals surface area contributed by atoms with Crippen molar-refractivity contribution in [3.63, 3.8) is 0 Å². The van der Waals surface area contributed by atoms with Crippen molar-refractivity contribution < 1.29 is 26.8 Å². The summed E-state index contributed by atoms with van der Waals surface area (Å²) in [5.41, 5.74) is -0.0988. The van der Waals surface area contributed by atoms with E-state index >= 15 is 0 Å². The largest absolute Gasteiger partial charge is 0.350 e. The molecule has 7 nitrogen and oxygen atoms in total.